The molecule has 1 aromatic heterocycles. The molecule has 1 N–H and O–H groups in total. The maximum Gasteiger partial charge on any atom is 0.0795 e. The standard InChI is InChI=1S/C9H16N2OS/c1-7(8(2)12)11(3)4-9-5-13-6-10-9/h5-8,12H,4H2,1-3H3. The SMILES string of the molecule is CC(O)C(C)N(C)Cc1cscn1. The van der Waals surface area contributed by atoms with E-state index in [0.717, 1.165) is 12.2 Å². The van der Waals surface area contributed by atoms with E-state index in [1.165, 1.54) is 0 Å². The van der Waals surface area contributed by atoms with Crippen molar-refractivity contribution in [2.24, 2.45) is 0 Å². The first-order valence-corrected chi connectivity index (χ1v) is 5.31. The molecule has 0 amide bonds. The fourth-order valence-corrected chi connectivity index (χ4v) is 1.63. The van der Waals surface area contributed by atoms with Gasteiger partial charge >= 0.3 is 0 Å². The van der Waals surface area contributed by atoms with Gasteiger partial charge < -0.3 is 5.11 Å². The summed E-state index contributed by atoms with van der Waals surface area (Å²) in [6, 6.07) is 0.168. The van der Waals surface area contributed by atoms with Crippen molar-refractivity contribution in [3.8, 4) is 0 Å². The Balaban J connectivity index is 2.45. The van der Waals surface area contributed by atoms with Crippen LogP contribution in [0.25, 0.3) is 0 Å². The van der Waals surface area contributed by atoms with Crippen LogP contribution in [-0.2, 0) is 6.54 Å². The van der Waals surface area contributed by atoms with Gasteiger partial charge in [0.15, 0.2) is 0 Å². The van der Waals surface area contributed by atoms with Crippen LogP contribution < -0.4 is 0 Å². The quantitative estimate of drug-likeness (QED) is 0.797. The highest BCUT2D eigenvalue weighted by atomic mass is 32.1. The van der Waals surface area contributed by atoms with E-state index in [1.807, 2.05) is 31.8 Å². The third kappa shape index (κ3) is 3.06. The predicted octanol–water partition coefficient (Wildman–Crippen LogP) is 1.34. The summed E-state index contributed by atoms with van der Waals surface area (Å²) < 4.78 is 0. The summed E-state index contributed by atoms with van der Waals surface area (Å²) in [5.74, 6) is 0. The van der Waals surface area contributed by atoms with Gasteiger partial charge in [0, 0.05) is 18.0 Å². The zero-order valence-corrected chi connectivity index (χ0v) is 9.08. The molecule has 0 aliphatic carbocycles. The molecule has 13 heavy (non-hydrogen) atoms. The molecule has 0 saturated heterocycles. The van der Waals surface area contributed by atoms with E-state index in [1.54, 1.807) is 11.3 Å². The first-order chi connectivity index (χ1) is 6.11. The second-order valence-electron chi connectivity index (χ2n) is 3.38. The number of thiazole rings is 1. The Labute approximate surface area is 83.0 Å². The molecule has 4 heteroatoms. The first kappa shape index (κ1) is 10.6. The minimum atomic E-state index is -0.302. The van der Waals surface area contributed by atoms with Crippen molar-refractivity contribution in [2.75, 3.05) is 7.05 Å². The summed E-state index contributed by atoms with van der Waals surface area (Å²) in [6.07, 6.45) is -0.302. The monoisotopic (exact) mass is 200 g/mol. The Hall–Kier alpha value is -0.450. The maximum absolute atomic E-state index is 9.36. The van der Waals surface area contributed by atoms with E-state index < -0.39 is 0 Å². The Kier molecular flexibility index (Phi) is 3.84. The smallest absolute Gasteiger partial charge is 0.0795 e. The molecule has 74 valence electrons. The van der Waals surface area contributed by atoms with Crippen molar-refractivity contribution >= 4 is 11.3 Å². The summed E-state index contributed by atoms with van der Waals surface area (Å²) in [5, 5.41) is 11.4. The van der Waals surface area contributed by atoms with Crippen LogP contribution in [0, 0.1) is 0 Å². The lowest BCUT2D eigenvalue weighted by Crippen LogP contribution is -2.36. The average molecular weight is 200 g/mol. The largest absolute Gasteiger partial charge is 0.392 e. The lowest BCUT2D eigenvalue weighted by Gasteiger charge is -2.25. The average Bonchev–Trinajstić information content (AvgIpc) is 2.55. The molecule has 1 rings (SSSR count). The minimum absolute atomic E-state index is 0.168. The van der Waals surface area contributed by atoms with Crippen molar-refractivity contribution in [1.29, 1.82) is 0 Å². The molecular formula is C9H16N2OS. The Morgan fingerprint density at radius 2 is 2.31 bits per heavy atom. The topological polar surface area (TPSA) is 36.4 Å². The second-order valence-corrected chi connectivity index (χ2v) is 4.09. The van der Waals surface area contributed by atoms with Crippen LogP contribution in [0.1, 0.15) is 19.5 Å². The number of hydrogen-bond acceptors (Lipinski definition) is 4. The number of nitrogens with zero attached hydrogens (tertiary/aromatic N) is 2. The van der Waals surface area contributed by atoms with Crippen molar-refractivity contribution < 1.29 is 5.11 Å². The highest BCUT2D eigenvalue weighted by molar-refractivity contribution is 7.07. The van der Waals surface area contributed by atoms with Crippen molar-refractivity contribution in [1.82, 2.24) is 9.88 Å². The summed E-state index contributed by atoms with van der Waals surface area (Å²) in [7, 11) is 2.00. The summed E-state index contributed by atoms with van der Waals surface area (Å²) in [4.78, 5) is 6.29. The van der Waals surface area contributed by atoms with E-state index in [0.29, 0.717) is 0 Å². The van der Waals surface area contributed by atoms with Crippen LogP contribution in [0.3, 0.4) is 0 Å². The third-order valence-electron chi connectivity index (χ3n) is 2.29. The van der Waals surface area contributed by atoms with Crippen LogP contribution >= 0.6 is 11.3 Å². The fourth-order valence-electron chi connectivity index (χ4n) is 1.08. The van der Waals surface area contributed by atoms with Crippen LogP contribution in [0.4, 0.5) is 0 Å². The van der Waals surface area contributed by atoms with E-state index >= 15 is 0 Å². The Bertz CT molecular complexity index is 236. The zero-order chi connectivity index (χ0) is 9.84. The number of aromatic nitrogens is 1. The predicted molar refractivity (Wildman–Crippen MR) is 54.7 cm³/mol. The molecule has 0 aromatic carbocycles. The Morgan fingerprint density at radius 3 is 2.77 bits per heavy atom. The lowest BCUT2D eigenvalue weighted by molar-refractivity contribution is 0.0822. The molecule has 0 spiro atoms. The van der Waals surface area contributed by atoms with Gasteiger partial charge in [-0.3, -0.25) is 4.90 Å². The van der Waals surface area contributed by atoms with E-state index in [2.05, 4.69) is 9.88 Å². The number of hydrogen-bond donors (Lipinski definition) is 1. The molecule has 0 aliphatic rings. The van der Waals surface area contributed by atoms with Crippen LogP contribution in [0.5, 0.6) is 0 Å². The van der Waals surface area contributed by atoms with Crippen LogP contribution in [-0.4, -0.2) is 34.2 Å². The maximum atomic E-state index is 9.36. The zero-order valence-electron chi connectivity index (χ0n) is 8.27. The van der Waals surface area contributed by atoms with Gasteiger partial charge in [0.1, 0.15) is 0 Å². The van der Waals surface area contributed by atoms with E-state index in [-0.39, 0.29) is 12.1 Å². The molecule has 0 aliphatic heterocycles. The number of aliphatic hydroxyl groups is 1. The third-order valence-corrected chi connectivity index (χ3v) is 2.92. The summed E-state index contributed by atoms with van der Waals surface area (Å²) >= 11 is 1.60. The fraction of sp³-hybridized carbons (Fsp3) is 0.667. The van der Waals surface area contributed by atoms with Crippen LogP contribution in [0.15, 0.2) is 10.9 Å². The highest BCUT2D eigenvalue weighted by Crippen LogP contribution is 2.08. The number of rotatable bonds is 4. The van der Waals surface area contributed by atoms with Gasteiger partial charge in [0.2, 0.25) is 0 Å². The van der Waals surface area contributed by atoms with Gasteiger partial charge in [0.05, 0.1) is 17.3 Å². The molecule has 0 radical (unpaired) electrons. The summed E-state index contributed by atoms with van der Waals surface area (Å²) in [5.41, 5.74) is 2.90. The Morgan fingerprint density at radius 1 is 1.62 bits per heavy atom. The molecule has 0 fully saturated rings. The van der Waals surface area contributed by atoms with Gasteiger partial charge in [-0.15, -0.1) is 11.3 Å². The molecule has 2 unspecified atom stereocenters. The molecule has 2 atom stereocenters. The van der Waals surface area contributed by atoms with Gasteiger partial charge in [-0.05, 0) is 20.9 Å². The van der Waals surface area contributed by atoms with Gasteiger partial charge in [-0.1, -0.05) is 0 Å². The second kappa shape index (κ2) is 4.69. The number of aliphatic hydroxyl groups excluding tert-OH is 1. The first-order valence-electron chi connectivity index (χ1n) is 4.36. The summed E-state index contributed by atoms with van der Waals surface area (Å²) in [6.45, 7) is 4.62. The lowest BCUT2D eigenvalue weighted by atomic mass is 10.2. The van der Waals surface area contributed by atoms with Gasteiger partial charge in [-0.25, -0.2) is 4.98 Å². The van der Waals surface area contributed by atoms with Crippen molar-refractivity contribution in [2.45, 2.75) is 32.5 Å². The number of likely N-dealkylation sites (N-methyl/N-ethyl adjacent to an activating group) is 1. The molecule has 1 heterocycles. The van der Waals surface area contributed by atoms with Gasteiger partial charge in [-0.2, -0.15) is 0 Å². The molecule has 1 aromatic rings. The molecular weight excluding hydrogens is 184 g/mol. The van der Waals surface area contributed by atoms with Gasteiger partial charge in [0.25, 0.3) is 0 Å². The molecule has 0 bridgehead atoms. The normalized spacial score (nSPS) is 16.1. The van der Waals surface area contributed by atoms with Crippen LogP contribution in [0.2, 0.25) is 0 Å². The van der Waals surface area contributed by atoms with E-state index in [9.17, 15) is 5.11 Å². The highest BCUT2D eigenvalue weighted by Gasteiger charge is 2.14. The van der Waals surface area contributed by atoms with E-state index in [4.69, 9.17) is 0 Å². The minimum Gasteiger partial charge on any atom is -0.392 e. The molecule has 0 saturated carbocycles. The van der Waals surface area contributed by atoms with Crippen molar-refractivity contribution in [3.05, 3.63) is 16.6 Å². The molecule has 3 nitrogen and oxygen atoms in total. The van der Waals surface area contributed by atoms with Crippen molar-refractivity contribution in [3.63, 3.8) is 0 Å².